The first kappa shape index (κ1) is 22.5. The molecule has 0 atom stereocenters. The summed E-state index contributed by atoms with van der Waals surface area (Å²) >= 11 is 1.35. The molecule has 1 aliphatic rings. The zero-order valence-electron chi connectivity index (χ0n) is 18.7. The van der Waals surface area contributed by atoms with Crippen molar-refractivity contribution in [1.29, 1.82) is 0 Å². The molecule has 1 amide bonds. The van der Waals surface area contributed by atoms with E-state index in [-0.39, 0.29) is 24.0 Å². The fraction of sp³-hybridized carbons (Fsp3) is 0.320. The SMILES string of the molecule is O=C(CSc1ncnc2c1nnn2Cc1ccccc1F)N1CCC(Cc2ccccc2)CC1. The lowest BCUT2D eigenvalue weighted by Crippen LogP contribution is -2.39. The van der Waals surface area contributed by atoms with Gasteiger partial charge in [-0.25, -0.2) is 19.0 Å². The minimum absolute atomic E-state index is 0.105. The minimum Gasteiger partial charge on any atom is -0.342 e. The molecule has 1 fully saturated rings. The van der Waals surface area contributed by atoms with Gasteiger partial charge in [0.15, 0.2) is 11.2 Å². The normalized spacial score (nSPS) is 14.6. The largest absolute Gasteiger partial charge is 0.342 e. The number of halogens is 1. The van der Waals surface area contributed by atoms with Crippen LogP contribution in [0.5, 0.6) is 0 Å². The molecule has 9 heteroatoms. The summed E-state index contributed by atoms with van der Waals surface area (Å²) in [6, 6.07) is 17.1. The first-order chi connectivity index (χ1) is 16.7. The molecule has 3 heterocycles. The number of nitrogens with zero attached hydrogens (tertiary/aromatic N) is 6. The third kappa shape index (κ3) is 5.09. The highest BCUT2D eigenvalue weighted by atomic mass is 32.2. The van der Waals surface area contributed by atoms with Crippen LogP contribution in [0, 0.1) is 11.7 Å². The lowest BCUT2D eigenvalue weighted by molar-refractivity contribution is -0.129. The van der Waals surface area contributed by atoms with E-state index in [1.54, 1.807) is 22.9 Å². The van der Waals surface area contributed by atoms with Gasteiger partial charge in [0.25, 0.3) is 0 Å². The third-order valence-corrected chi connectivity index (χ3v) is 7.17. The fourth-order valence-corrected chi connectivity index (χ4v) is 5.16. The third-order valence-electron chi connectivity index (χ3n) is 6.21. The monoisotopic (exact) mass is 476 g/mol. The molecule has 4 aromatic rings. The van der Waals surface area contributed by atoms with Crippen molar-refractivity contribution >= 4 is 28.8 Å². The molecule has 0 spiro atoms. The number of carbonyl (C=O) groups excluding carboxylic acids is 1. The number of aromatic nitrogens is 5. The Morgan fingerprint density at radius 1 is 1.03 bits per heavy atom. The number of hydrogen-bond acceptors (Lipinski definition) is 6. The van der Waals surface area contributed by atoms with Crippen molar-refractivity contribution in [3.8, 4) is 0 Å². The van der Waals surface area contributed by atoms with Crippen LogP contribution < -0.4 is 0 Å². The van der Waals surface area contributed by atoms with Crippen molar-refractivity contribution in [2.45, 2.75) is 30.8 Å². The predicted molar refractivity (Wildman–Crippen MR) is 129 cm³/mol. The molecule has 5 rings (SSSR count). The Morgan fingerprint density at radius 2 is 1.79 bits per heavy atom. The Kier molecular flexibility index (Phi) is 6.80. The average Bonchev–Trinajstić information content (AvgIpc) is 3.28. The van der Waals surface area contributed by atoms with Crippen LogP contribution >= 0.6 is 11.8 Å². The molecule has 2 aromatic carbocycles. The number of amides is 1. The summed E-state index contributed by atoms with van der Waals surface area (Å²) in [7, 11) is 0. The Balaban J connectivity index is 1.18. The Hall–Kier alpha value is -3.33. The van der Waals surface area contributed by atoms with E-state index < -0.39 is 0 Å². The molecule has 1 aliphatic heterocycles. The maximum atomic E-state index is 14.0. The van der Waals surface area contributed by atoms with Crippen LogP contribution in [0.15, 0.2) is 66.0 Å². The molecule has 0 radical (unpaired) electrons. The van der Waals surface area contributed by atoms with Crippen molar-refractivity contribution in [2.24, 2.45) is 5.92 Å². The highest BCUT2D eigenvalue weighted by Gasteiger charge is 2.23. The molecule has 34 heavy (non-hydrogen) atoms. The Bertz CT molecular complexity index is 1270. The minimum atomic E-state index is -0.298. The lowest BCUT2D eigenvalue weighted by atomic mass is 9.90. The number of rotatable bonds is 7. The van der Waals surface area contributed by atoms with E-state index in [4.69, 9.17) is 0 Å². The van der Waals surface area contributed by atoms with E-state index in [1.807, 2.05) is 11.0 Å². The van der Waals surface area contributed by atoms with Crippen LogP contribution in [0.2, 0.25) is 0 Å². The first-order valence-corrected chi connectivity index (χ1v) is 12.4. The van der Waals surface area contributed by atoms with Gasteiger partial charge in [-0.1, -0.05) is 65.5 Å². The van der Waals surface area contributed by atoms with Crippen molar-refractivity contribution in [2.75, 3.05) is 18.8 Å². The summed E-state index contributed by atoms with van der Waals surface area (Å²) in [5.41, 5.74) is 2.92. The number of carbonyl (C=O) groups is 1. The van der Waals surface area contributed by atoms with Gasteiger partial charge >= 0.3 is 0 Å². The number of fused-ring (bicyclic) bond motifs is 1. The Morgan fingerprint density at radius 3 is 2.59 bits per heavy atom. The highest BCUT2D eigenvalue weighted by Crippen LogP contribution is 2.26. The topological polar surface area (TPSA) is 76.8 Å². The van der Waals surface area contributed by atoms with Crippen molar-refractivity contribution in [1.82, 2.24) is 29.9 Å². The van der Waals surface area contributed by atoms with Crippen molar-refractivity contribution in [3.05, 3.63) is 77.9 Å². The number of thioether (sulfide) groups is 1. The van der Waals surface area contributed by atoms with E-state index in [0.717, 1.165) is 32.4 Å². The Labute approximate surface area is 201 Å². The predicted octanol–water partition coefficient (Wildman–Crippen LogP) is 3.98. The molecular weight excluding hydrogens is 451 g/mol. The molecule has 174 valence electrons. The summed E-state index contributed by atoms with van der Waals surface area (Å²) in [6.07, 6.45) is 4.55. The van der Waals surface area contributed by atoms with Gasteiger partial charge in [-0.15, -0.1) is 5.10 Å². The first-order valence-electron chi connectivity index (χ1n) is 11.4. The second-order valence-electron chi connectivity index (χ2n) is 8.49. The van der Waals surface area contributed by atoms with Gasteiger partial charge in [0, 0.05) is 18.7 Å². The average molecular weight is 477 g/mol. The molecule has 0 saturated carbocycles. The number of benzene rings is 2. The molecule has 0 aliphatic carbocycles. The quantitative estimate of drug-likeness (QED) is 0.297. The maximum Gasteiger partial charge on any atom is 0.232 e. The summed E-state index contributed by atoms with van der Waals surface area (Å²) in [5, 5.41) is 8.95. The molecule has 2 aromatic heterocycles. The van der Waals surface area contributed by atoms with Gasteiger partial charge < -0.3 is 4.90 Å². The van der Waals surface area contributed by atoms with Crippen LogP contribution in [0.1, 0.15) is 24.0 Å². The van der Waals surface area contributed by atoms with Gasteiger partial charge in [-0.2, -0.15) is 0 Å². The van der Waals surface area contributed by atoms with E-state index in [2.05, 4.69) is 44.5 Å². The van der Waals surface area contributed by atoms with E-state index in [9.17, 15) is 9.18 Å². The number of hydrogen-bond donors (Lipinski definition) is 0. The number of piperidine rings is 1. The highest BCUT2D eigenvalue weighted by molar-refractivity contribution is 8.00. The molecule has 0 N–H and O–H groups in total. The van der Waals surface area contributed by atoms with Crippen molar-refractivity contribution < 1.29 is 9.18 Å². The van der Waals surface area contributed by atoms with Crippen LogP contribution in [0.3, 0.4) is 0 Å². The molecular formula is C25H25FN6OS. The van der Waals surface area contributed by atoms with E-state index in [1.165, 1.54) is 29.7 Å². The molecule has 0 bridgehead atoms. The van der Waals surface area contributed by atoms with Crippen LogP contribution in [-0.4, -0.2) is 54.6 Å². The zero-order chi connectivity index (χ0) is 23.3. The molecule has 1 saturated heterocycles. The van der Waals surface area contributed by atoms with Crippen LogP contribution in [-0.2, 0) is 17.8 Å². The smallest absolute Gasteiger partial charge is 0.232 e. The van der Waals surface area contributed by atoms with Crippen molar-refractivity contribution in [3.63, 3.8) is 0 Å². The summed E-state index contributed by atoms with van der Waals surface area (Å²) in [4.78, 5) is 23.4. The van der Waals surface area contributed by atoms with Gasteiger partial charge in [0.2, 0.25) is 5.91 Å². The van der Waals surface area contributed by atoms with Crippen LogP contribution in [0.25, 0.3) is 11.2 Å². The standard InChI is InChI=1S/C25H25FN6OS/c26-21-9-5-4-8-20(21)15-32-24-23(29-30-32)25(28-17-27-24)34-16-22(33)31-12-10-19(11-13-31)14-18-6-2-1-3-7-18/h1-9,17,19H,10-16H2. The van der Waals surface area contributed by atoms with Gasteiger partial charge in [-0.05, 0) is 36.8 Å². The zero-order valence-corrected chi connectivity index (χ0v) is 19.5. The van der Waals surface area contributed by atoms with E-state index >= 15 is 0 Å². The lowest BCUT2D eigenvalue weighted by Gasteiger charge is -2.32. The summed E-state index contributed by atoms with van der Waals surface area (Å²) < 4.78 is 15.6. The molecule has 0 unspecified atom stereocenters. The van der Waals surface area contributed by atoms with Gasteiger partial charge in [0.1, 0.15) is 17.2 Å². The van der Waals surface area contributed by atoms with E-state index in [0.29, 0.717) is 27.7 Å². The van der Waals surface area contributed by atoms with Gasteiger partial charge in [0.05, 0.1) is 12.3 Å². The summed E-state index contributed by atoms with van der Waals surface area (Å²) in [6.45, 7) is 1.80. The molecule has 7 nitrogen and oxygen atoms in total. The maximum absolute atomic E-state index is 14.0. The summed E-state index contributed by atoms with van der Waals surface area (Å²) in [5.74, 6) is 0.710. The second-order valence-corrected chi connectivity index (χ2v) is 9.46. The fourth-order valence-electron chi connectivity index (χ4n) is 4.33. The number of likely N-dealkylation sites (tertiary alicyclic amines) is 1. The van der Waals surface area contributed by atoms with Gasteiger partial charge in [-0.3, -0.25) is 4.79 Å². The second kappa shape index (κ2) is 10.3. The van der Waals surface area contributed by atoms with Crippen LogP contribution in [0.4, 0.5) is 4.39 Å².